The molecule has 1 aromatic rings. The molecule has 0 spiro atoms. The predicted octanol–water partition coefficient (Wildman–Crippen LogP) is 3.92. The third kappa shape index (κ3) is 23.5. The molecule has 1 fully saturated rings. The summed E-state index contributed by atoms with van der Waals surface area (Å²) in [6, 6.07) is -8.50. The van der Waals surface area contributed by atoms with Gasteiger partial charge in [-0.2, -0.15) is 0 Å². The maximum absolute atomic E-state index is 15.3. The van der Waals surface area contributed by atoms with E-state index in [0.29, 0.717) is 11.1 Å². The number of carbonyl (C=O) groups is 11. The Kier molecular flexibility index (Phi) is 33.4. The fourth-order valence-corrected chi connectivity index (χ4v) is 12.6. The molecular weight excluding hydrogens is 1240 g/mol. The zero-order valence-corrected chi connectivity index (χ0v) is 61.7. The van der Waals surface area contributed by atoms with E-state index in [1.807, 2.05) is 41.5 Å². The molecule has 0 aliphatic carbocycles. The number of rotatable bonds is 18. The Morgan fingerprint density at radius 2 is 0.947 bits per heavy atom. The van der Waals surface area contributed by atoms with Crippen LogP contribution in [-0.2, 0) is 69.9 Å². The molecule has 7 N–H and O–H groups in total. The number of allylic oxidation sites excluding steroid dienone is 2. The molecular formula is C68H116N11O15P. The molecule has 0 radical (unpaired) electrons. The minimum absolute atomic E-state index is 0.0475. The fraction of sp³-hybridized carbons (Fsp3) is 0.721. The molecule has 27 heteroatoms. The summed E-state index contributed by atoms with van der Waals surface area (Å²) in [4.78, 5) is 191. The van der Waals surface area contributed by atoms with Crippen LogP contribution in [0.5, 0.6) is 0 Å². The van der Waals surface area contributed by atoms with Crippen molar-refractivity contribution in [2.45, 2.75) is 235 Å². The maximum Gasteiger partial charge on any atom is 0.329 e. The number of hydrogen-bond acceptors (Lipinski definition) is 13. The highest BCUT2D eigenvalue weighted by molar-refractivity contribution is 7.50. The summed E-state index contributed by atoms with van der Waals surface area (Å²) in [6.45, 7) is 28.7. The Balaban J connectivity index is 3.11. The van der Waals surface area contributed by atoms with Crippen LogP contribution in [0.3, 0.4) is 0 Å². The Hall–Kier alpha value is -6.76. The topological polar surface area (TPSA) is 336 Å². The number of amides is 11. The number of benzene rings is 1. The molecule has 0 saturated carbocycles. The summed E-state index contributed by atoms with van der Waals surface area (Å²) in [6.07, 6.45) is 1.80. The van der Waals surface area contributed by atoms with E-state index >= 15 is 28.8 Å². The molecule has 1 aromatic carbocycles. The highest BCUT2D eigenvalue weighted by Crippen LogP contribution is 2.39. The van der Waals surface area contributed by atoms with E-state index in [9.17, 15) is 43.4 Å². The molecule has 13 atom stereocenters. The van der Waals surface area contributed by atoms with Gasteiger partial charge in [-0.15, -0.1) is 0 Å². The lowest BCUT2D eigenvalue weighted by atomic mass is 9.91. The second-order valence-corrected chi connectivity index (χ2v) is 29.5. The van der Waals surface area contributed by atoms with E-state index < -0.39 is 169 Å². The normalized spacial score (nSPS) is 26.2. The van der Waals surface area contributed by atoms with Gasteiger partial charge in [-0.3, -0.25) is 57.3 Å². The number of nitrogens with one attached hydrogen (secondary N) is 4. The summed E-state index contributed by atoms with van der Waals surface area (Å²) in [5.74, 6) is -10.6. The number of carbonyl (C=O) groups excluding carboxylic acids is 11. The van der Waals surface area contributed by atoms with Gasteiger partial charge in [0, 0.05) is 55.3 Å². The number of nitrogens with zero attached hydrogens (tertiary/aromatic N) is 7. The zero-order chi connectivity index (χ0) is 73.2. The smallest absolute Gasteiger partial charge is 0.329 e. The first-order valence-electron chi connectivity index (χ1n) is 33.5. The molecule has 3 unspecified atom stereocenters. The van der Waals surface area contributed by atoms with E-state index in [1.54, 1.807) is 79.7 Å². The first-order chi connectivity index (χ1) is 43.9. The van der Waals surface area contributed by atoms with E-state index in [1.165, 1.54) is 99.7 Å². The summed E-state index contributed by atoms with van der Waals surface area (Å²) < 4.78 is 11.9. The summed E-state index contributed by atoms with van der Waals surface area (Å²) in [5.41, 5.74) is 0.743. The molecule has 1 saturated heterocycles. The van der Waals surface area contributed by atoms with Crippen LogP contribution >= 0.6 is 7.60 Å². The molecule has 26 nitrogen and oxygen atoms in total. The number of aliphatic hydroxyl groups excluding tert-OH is 1. The lowest BCUT2D eigenvalue weighted by Crippen LogP contribution is -2.64. The number of aliphatic hydroxyl groups is 1. The molecule has 1 heterocycles. The Morgan fingerprint density at radius 3 is 1.41 bits per heavy atom. The van der Waals surface area contributed by atoms with Gasteiger partial charge in [0.1, 0.15) is 66.5 Å². The maximum atomic E-state index is 15.3. The van der Waals surface area contributed by atoms with Crippen LogP contribution in [0.25, 0.3) is 0 Å². The van der Waals surface area contributed by atoms with Gasteiger partial charge in [0.25, 0.3) is 0 Å². The zero-order valence-electron chi connectivity index (χ0n) is 60.8. The van der Waals surface area contributed by atoms with Crippen molar-refractivity contribution >= 4 is 72.6 Å². The number of likely N-dealkylation sites (N-methyl/N-ethyl adjacent to an activating group) is 7. The van der Waals surface area contributed by atoms with Crippen molar-refractivity contribution in [2.24, 2.45) is 35.5 Å². The molecule has 0 aromatic heterocycles. The lowest BCUT2D eigenvalue weighted by molar-refractivity contribution is -0.157. The molecule has 95 heavy (non-hydrogen) atoms. The Labute approximate surface area is 565 Å². The van der Waals surface area contributed by atoms with Crippen molar-refractivity contribution in [3.05, 3.63) is 47.5 Å². The van der Waals surface area contributed by atoms with E-state index in [-0.39, 0.29) is 62.8 Å². The minimum atomic E-state index is -4.48. The van der Waals surface area contributed by atoms with Crippen LogP contribution in [-0.4, -0.2) is 236 Å². The SMILES string of the molecule is C/C=C/C[C@@H](C)[C@@H](O)[C@H]1C(=O)NC(CC)C(=O)N(C)C(C)C(=O)N(CC)C(Cc2ccc(CP(=O)(O)O)cc2)C(=O)N[C@@H](C(C)C)C(=O)N(C)[C@@H](CC(C)C)C(=O)N[C@@H](C)C(=O)N[C@H](C)C(=O)N(C)[C@@H](CC(C)C)C(=O)N(C)[C@@H](CC(C)C)C(=O)N(C)[C@@H](C(C)C)C(=O)N1C. The minimum Gasteiger partial charge on any atom is -0.390 e. The van der Waals surface area contributed by atoms with Crippen molar-refractivity contribution in [3.8, 4) is 0 Å². The van der Waals surface area contributed by atoms with E-state index in [4.69, 9.17) is 0 Å². The van der Waals surface area contributed by atoms with Crippen LogP contribution in [0.4, 0.5) is 0 Å². The quantitative estimate of drug-likeness (QED) is 0.0809. The molecule has 11 amide bonds. The van der Waals surface area contributed by atoms with Crippen molar-refractivity contribution in [3.63, 3.8) is 0 Å². The highest BCUT2D eigenvalue weighted by atomic mass is 31.2. The number of hydrogen-bond donors (Lipinski definition) is 7. The molecule has 0 bridgehead atoms. The van der Waals surface area contributed by atoms with Crippen LogP contribution < -0.4 is 21.3 Å². The van der Waals surface area contributed by atoms with Crippen LogP contribution in [0.15, 0.2) is 36.4 Å². The van der Waals surface area contributed by atoms with E-state index in [2.05, 4.69) is 21.3 Å². The van der Waals surface area contributed by atoms with Crippen LogP contribution in [0.1, 0.15) is 161 Å². The van der Waals surface area contributed by atoms with Gasteiger partial charge < -0.3 is 70.5 Å². The Bertz CT molecular complexity index is 2880. The fourth-order valence-electron chi connectivity index (χ4n) is 11.9. The molecule has 1 aliphatic heterocycles. The summed E-state index contributed by atoms with van der Waals surface area (Å²) in [5, 5.41) is 23.2. The first-order valence-corrected chi connectivity index (χ1v) is 35.3. The van der Waals surface area contributed by atoms with Gasteiger partial charge >= 0.3 is 7.60 Å². The average molecular weight is 1360 g/mol. The van der Waals surface area contributed by atoms with Crippen molar-refractivity contribution < 1.29 is 72.2 Å². The largest absolute Gasteiger partial charge is 0.390 e. The summed E-state index contributed by atoms with van der Waals surface area (Å²) >= 11 is 0. The van der Waals surface area contributed by atoms with Gasteiger partial charge in [-0.05, 0) is 113 Å². The van der Waals surface area contributed by atoms with Crippen LogP contribution in [0.2, 0.25) is 0 Å². The monoisotopic (exact) mass is 1360 g/mol. The summed E-state index contributed by atoms with van der Waals surface area (Å²) in [7, 11) is 3.87. The Morgan fingerprint density at radius 1 is 0.495 bits per heavy atom. The lowest BCUT2D eigenvalue weighted by Gasteiger charge is -2.41. The van der Waals surface area contributed by atoms with Gasteiger partial charge in [-0.25, -0.2) is 0 Å². The molecule has 538 valence electrons. The second kappa shape index (κ2) is 37.7. The van der Waals surface area contributed by atoms with Gasteiger partial charge in [-0.1, -0.05) is 120 Å². The van der Waals surface area contributed by atoms with E-state index in [0.717, 1.165) is 9.80 Å². The predicted molar refractivity (Wildman–Crippen MR) is 364 cm³/mol. The van der Waals surface area contributed by atoms with Crippen molar-refractivity contribution in [2.75, 3.05) is 48.8 Å². The third-order valence-electron chi connectivity index (χ3n) is 17.9. The molecule has 2 rings (SSSR count). The highest BCUT2D eigenvalue weighted by Gasteiger charge is 2.46. The van der Waals surface area contributed by atoms with Gasteiger partial charge in [0.05, 0.1) is 12.3 Å². The van der Waals surface area contributed by atoms with Gasteiger partial charge in [0.15, 0.2) is 0 Å². The van der Waals surface area contributed by atoms with Crippen LogP contribution in [0, 0.1) is 35.5 Å². The van der Waals surface area contributed by atoms with Gasteiger partial charge in [0.2, 0.25) is 65.0 Å². The second-order valence-electron chi connectivity index (χ2n) is 27.9. The standard InChI is InChI=1S/C68H116N11O15P/c1-24-27-28-43(14)57(80)56-61(84)71-49(25-2)64(87)73(18)46(17)63(86)79(26-3)51(36-47-29-31-48(32-30-47)37-95(92,93)94)60(83)72-54(41(10)11)67(90)74(19)50(33-38(4)5)59(82)69-44(15)58(81)70-45(16)62(85)75(20)52(34-39(6)7)65(88)76(21)53(35-40(8)9)66(89)77(22)55(42(12)13)68(91)78(56)23/h24,27,29-32,38-46,49-57,80H,25-26,28,33-37H2,1-23H3,(H,69,82)(H,70,81)(H,71,84)(H,72,83)(H2,92,93,94)/b27-24+/t43-,44+,45-,46?,49?,50+,51?,52+,53+,54+,55+,56+,57-/m1/s1. The molecule has 1 aliphatic rings. The third-order valence-corrected chi connectivity index (χ3v) is 18.7. The van der Waals surface area contributed by atoms with Crippen molar-refractivity contribution in [1.29, 1.82) is 0 Å². The van der Waals surface area contributed by atoms with Crippen molar-refractivity contribution in [1.82, 2.24) is 55.6 Å². The first kappa shape index (κ1) is 84.3. The average Bonchev–Trinajstić information content (AvgIpc) is 0.817.